The van der Waals surface area contributed by atoms with Gasteiger partial charge in [0.1, 0.15) is 4.90 Å². The Hall–Kier alpha value is -1.60. The van der Waals surface area contributed by atoms with Gasteiger partial charge in [-0.3, -0.25) is 4.79 Å². The van der Waals surface area contributed by atoms with Crippen LogP contribution in [-0.2, 0) is 14.8 Å². The van der Waals surface area contributed by atoms with Gasteiger partial charge >= 0.3 is 0 Å². The molecule has 0 heterocycles. The highest BCUT2D eigenvalue weighted by Crippen LogP contribution is 2.20. The number of primary amides is 1. The summed E-state index contributed by atoms with van der Waals surface area (Å²) in [7, 11) is -3.60. The van der Waals surface area contributed by atoms with Crippen LogP contribution >= 0.6 is 0 Å². The second kappa shape index (κ2) is 5.83. The standard InChI is InChI=1S/C11H17N3O3S/c1-8(2)14-18(16,17)10-6-4-3-5-9(10)13-7-11(12)15/h3-6,8,13-14H,7H2,1-2H3,(H2,12,15). The summed E-state index contributed by atoms with van der Waals surface area (Å²) in [5, 5.41) is 2.70. The van der Waals surface area contributed by atoms with Crippen LogP contribution in [0, 0.1) is 0 Å². The zero-order valence-corrected chi connectivity index (χ0v) is 11.1. The van der Waals surface area contributed by atoms with E-state index in [0.717, 1.165) is 0 Å². The molecule has 1 aromatic rings. The maximum atomic E-state index is 12.0. The Balaban J connectivity index is 3.05. The number of carbonyl (C=O) groups excluding carboxylic acids is 1. The van der Waals surface area contributed by atoms with Crippen LogP contribution in [0.25, 0.3) is 0 Å². The number of anilines is 1. The number of amides is 1. The molecule has 0 saturated carbocycles. The molecular weight excluding hydrogens is 254 g/mol. The summed E-state index contributed by atoms with van der Waals surface area (Å²) in [4.78, 5) is 10.8. The van der Waals surface area contributed by atoms with Crippen LogP contribution in [0.15, 0.2) is 29.2 Å². The molecule has 0 aliphatic heterocycles. The number of sulfonamides is 1. The van der Waals surface area contributed by atoms with E-state index in [9.17, 15) is 13.2 Å². The lowest BCUT2D eigenvalue weighted by Crippen LogP contribution is -2.31. The number of carbonyl (C=O) groups is 1. The van der Waals surface area contributed by atoms with Crippen LogP contribution in [0.3, 0.4) is 0 Å². The predicted octanol–water partition coefficient (Wildman–Crippen LogP) is 0.270. The molecule has 0 fully saturated rings. The van der Waals surface area contributed by atoms with Gasteiger partial charge in [0, 0.05) is 6.04 Å². The number of benzene rings is 1. The van der Waals surface area contributed by atoms with Crippen LogP contribution in [-0.4, -0.2) is 26.9 Å². The number of nitrogens with one attached hydrogen (secondary N) is 2. The second-order valence-corrected chi connectivity index (χ2v) is 5.77. The Morgan fingerprint density at radius 3 is 2.50 bits per heavy atom. The van der Waals surface area contributed by atoms with Crippen LogP contribution in [0.1, 0.15) is 13.8 Å². The molecule has 1 rings (SSSR count). The lowest BCUT2D eigenvalue weighted by atomic mass is 10.3. The molecule has 0 unspecified atom stereocenters. The van der Waals surface area contributed by atoms with Gasteiger partial charge in [0.15, 0.2) is 0 Å². The van der Waals surface area contributed by atoms with E-state index < -0.39 is 15.9 Å². The SMILES string of the molecule is CC(C)NS(=O)(=O)c1ccccc1NCC(N)=O. The third-order valence-corrected chi connectivity index (χ3v) is 3.74. The molecule has 0 atom stereocenters. The lowest BCUT2D eigenvalue weighted by molar-refractivity contribution is -0.116. The van der Waals surface area contributed by atoms with Gasteiger partial charge < -0.3 is 11.1 Å². The Labute approximate surface area is 107 Å². The summed E-state index contributed by atoms with van der Waals surface area (Å²) < 4.78 is 26.6. The molecule has 0 aliphatic rings. The van der Waals surface area contributed by atoms with Crippen LogP contribution in [0.4, 0.5) is 5.69 Å². The number of hydrogen-bond acceptors (Lipinski definition) is 4. The van der Waals surface area contributed by atoms with Crippen molar-refractivity contribution in [2.45, 2.75) is 24.8 Å². The fourth-order valence-electron chi connectivity index (χ4n) is 1.40. The molecule has 4 N–H and O–H groups in total. The lowest BCUT2D eigenvalue weighted by Gasteiger charge is -2.14. The number of hydrogen-bond donors (Lipinski definition) is 3. The minimum absolute atomic E-state index is 0.0972. The zero-order chi connectivity index (χ0) is 13.8. The second-order valence-electron chi connectivity index (χ2n) is 4.09. The normalized spacial score (nSPS) is 11.5. The van der Waals surface area contributed by atoms with Crippen molar-refractivity contribution < 1.29 is 13.2 Å². The van der Waals surface area contributed by atoms with Gasteiger partial charge in [-0.25, -0.2) is 13.1 Å². The van der Waals surface area contributed by atoms with Crippen molar-refractivity contribution in [3.8, 4) is 0 Å². The van der Waals surface area contributed by atoms with Crippen LogP contribution in [0.5, 0.6) is 0 Å². The molecule has 0 aromatic heterocycles. The van der Waals surface area contributed by atoms with Crippen molar-refractivity contribution >= 4 is 21.6 Å². The Kier molecular flexibility index (Phi) is 4.69. The Morgan fingerprint density at radius 2 is 1.94 bits per heavy atom. The molecule has 18 heavy (non-hydrogen) atoms. The smallest absolute Gasteiger partial charge is 0.242 e. The number of nitrogens with two attached hydrogens (primary N) is 1. The van der Waals surface area contributed by atoms with E-state index in [-0.39, 0.29) is 17.5 Å². The fourth-order valence-corrected chi connectivity index (χ4v) is 2.84. The molecule has 100 valence electrons. The fraction of sp³-hybridized carbons (Fsp3) is 0.364. The molecule has 0 bridgehead atoms. The van der Waals surface area contributed by atoms with Gasteiger partial charge in [0.25, 0.3) is 0 Å². The Bertz CT molecular complexity index is 526. The monoisotopic (exact) mass is 271 g/mol. The molecule has 1 aromatic carbocycles. The average Bonchev–Trinajstić information content (AvgIpc) is 2.25. The van der Waals surface area contributed by atoms with E-state index in [1.165, 1.54) is 6.07 Å². The van der Waals surface area contributed by atoms with Crippen molar-refractivity contribution in [2.75, 3.05) is 11.9 Å². The third kappa shape index (κ3) is 4.01. The van der Waals surface area contributed by atoms with Gasteiger partial charge in [-0.15, -0.1) is 0 Å². The zero-order valence-electron chi connectivity index (χ0n) is 10.3. The minimum Gasteiger partial charge on any atom is -0.375 e. The van der Waals surface area contributed by atoms with Crippen LogP contribution < -0.4 is 15.8 Å². The summed E-state index contributed by atoms with van der Waals surface area (Å²) >= 11 is 0. The summed E-state index contributed by atoms with van der Waals surface area (Å²) in [5.74, 6) is -0.556. The predicted molar refractivity (Wildman–Crippen MR) is 69.6 cm³/mol. The molecule has 0 saturated heterocycles. The molecule has 0 aliphatic carbocycles. The molecule has 1 amide bonds. The highest BCUT2D eigenvalue weighted by atomic mass is 32.2. The van der Waals surface area contributed by atoms with Gasteiger partial charge in [-0.1, -0.05) is 12.1 Å². The summed E-state index contributed by atoms with van der Waals surface area (Å²) in [6.07, 6.45) is 0. The maximum absolute atomic E-state index is 12.0. The first-order valence-electron chi connectivity index (χ1n) is 5.46. The Morgan fingerprint density at radius 1 is 1.33 bits per heavy atom. The molecule has 7 heteroatoms. The topological polar surface area (TPSA) is 101 Å². The first kappa shape index (κ1) is 14.5. The first-order chi connectivity index (χ1) is 8.33. The average molecular weight is 271 g/mol. The third-order valence-electron chi connectivity index (χ3n) is 2.02. The van der Waals surface area contributed by atoms with Crippen molar-refractivity contribution in [3.05, 3.63) is 24.3 Å². The largest absolute Gasteiger partial charge is 0.375 e. The summed E-state index contributed by atoms with van der Waals surface area (Å²) in [6.45, 7) is 3.35. The van der Waals surface area contributed by atoms with Crippen molar-refractivity contribution in [1.82, 2.24) is 4.72 Å². The van der Waals surface area contributed by atoms with E-state index >= 15 is 0 Å². The van der Waals surface area contributed by atoms with E-state index in [0.29, 0.717) is 5.69 Å². The molecule has 6 nitrogen and oxygen atoms in total. The number of para-hydroxylation sites is 1. The number of rotatable bonds is 6. The van der Waals surface area contributed by atoms with Crippen molar-refractivity contribution in [3.63, 3.8) is 0 Å². The molecular formula is C11H17N3O3S. The van der Waals surface area contributed by atoms with E-state index in [4.69, 9.17) is 5.73 Å². The molecule has 0 spiro atoms. The van der Waals surface area contributed by atoms with Gasteiger partial charge in [0.2, 0.25) is 15.9 Å². The van der Waals surface area contributed by atoms with Crippen molar-refractivity contribution in [1.29, 1.82) is 0 Å². The van der Waals surface area contributed by atoms with Crippen molar-refractivity contribution in [2.24, 2.45) is 5.73 Å². The summed E-state index contributed by atoms with van der Waals surface area (Å²) in [6, 6.07) is 6.13. The molecule has 0 radical (unpaired) electrons. The highest BCUT2D eigenvalue weighted by Gasteiger charge is 2.19. The first-order valence-corrected chi connectivity index (χ1v) is 6.95. The quantitative estimate of drug-likeness (QED) is 0.691. The van der Waals surface area contributed by atoms with Gasteiger partial charge in [0.05, 0.1) is 12.2 Å². The highest BCUT2D eigenvalue weighted by molar-refractivity contribution is 7.89. The maximum Gasteiger partial charge on any atom is 0.242 e. The van der Waals surface area contributed by atoms with Gasteiger partial charge in [-0.2, -0.15) is 0 Å². The van der Waals surface area contributed by atoms with E-state index in [2.05, 4.69) is 10.0 Å². The van der Waals surface area contributed by atoms with Gasteiger partial charge in [-0.05, 0) is 26.0 Å². The van der Waals surface area contributed by atoms with E-state index in [1.807, 2.05) is 0 Å². The van der Waals surface area contributed by atoms with E-state index in [1.54, 1.807) is 32.0 Å². The summed E-state index contributed by atoms with van der Waals surface area (Å²) in [5.41, 5.74) is 5.36. The minimum atomic E-state index is -3.60. The van der Waals surface area contributed by atoms with Crippen LogP contribution in [0.2, 0.25) is 0 Å².